The van der Waals surface area contributed by atoms with Gasteiger partial charge < -0.3 is 10.5 Å². The maximum Gasteiger partial charge on any atom is 0.253 e. The van der Waals surface area contributed by atoms with Gasteiger partial charge in [0.15, 0.2) is 5.56 Å². The number of nitriles is 1. The van der Waals surface area contributed by atoms with Crippen LogP contribution in [0.3, 0.4) is 0 Å². The van der Waals surface area contributed by atoms with E-state index in [2.05, 4.69) is 50.1 Å². The third-order valence-corrected chi connectivity index (χ3v) is 3.92. The van der Waals surface area contributed by atoms with Crippen LogP contribution in [0, 0.1) is 18.3 Å². The zero-order chi connectivity index (χ0) is 17.1. The fourth-order valence-corrected chi connectivity index (χ4v) is 2.38. The number of nitrogen functional groups attached to an aromatic ring is 1. The minimum absolute atomic E-state index is 0.0745. The maximum atomic E-state index is 9.30. The van der Waals surface area contributed by atoms with Crippen LogP contribution in [0.2, 0.25) is 0 Å². The standard InChI is InChI=1S/C18H24N4O/c1-11(2)14-7-6-13(5)15(8-14)10-23-18-16(9-19)17(20)22(21-18)12(3)4/h6-8,11-12H,10,20H2,1-5H3. The molecule has 0 aliphatic heterocycles. The van der Waals surface area contributed by atoms with Gasteiger partial charge in [-0.25, -0.2) is 4.68 Å². The Kier molecular flexibility index (Phi) is 4.95. The van der Waals surface area contributed by atoms with E-state index in [1.807, 2.05) is 13.8 Å². The van der Waals surface area contributed by atoms with Crippen molar-refractivity contribution >= 4 is 5.82 Å². The molecule has 5 nitrogen and oxygen atoms in total. The van der Waals surface area contributed by atoms with Crippen LogP contribution in [0.4, 0.5) is 5.82 Å². The molecule has 0 radical (unpaired) electrons. The number of nitrogens with two attached hydrogens (primary N) is 1. The van der Waals surface area contributed by atoms with Gasteiger partial charge in [0.25, 0.3) is 5.88 Å². The molecular formula is C18H24N4O. The van der Waals surface area contributed by atoms with Crippen LogP contribution in [-0.2, 0) is 6.61 Å². The van der Waals surface area contributed by atoms with E-state index in [-0.39, 0.29) is 6.04 Å². The topological polar surface area (TPSA) is 76.9 Å². The van der Waals surface area contributed by atoms with Gasteiger partial charge in [0.2, 0.25) is 0 Å². The first-order valence-corrected chi connectivity index (χ1v) is 7.85. The van der Waals surface area contributed by atoms with Gasteiger partial charge in [-0.05, 0) is 43.4 Å². The highest BCUT2D eigenvalue weighted by Gasteiger charge is 2.18. The highest BCUT2D eigenvalue weighted by atomic mass is 16.5. The molecule has 0 unspecified atom stereocenters. The lowest BCUT2D eigenvalue weighted by atomic mass is 9.98. The first-order valence-electron chi connectivity index (χ1n) is 7.85. The Hall–Kier alpha value is -2.48. The Morgan fingerprint density at radius 3 is 2.57 bits per heavy atom. The minimum Gasteiger partial charge on any atom is -0.471 e. The van der Waals surface area contributed by atoms with Gasteiger partial charge in [-0.1, -0.05) is 32.0 Å². The third-order valence-electron chi connectivity index (χ3n) is 3.92. The highest BCUT2D eigenvalue weighted by molar-refractivity contribution is 5.55. The Balaban J connectivity index is 2.27. The molecule has 1 aromatic carbocycles. The summed E-state index contributed by atoms with van der Waals surface area (Å²) in [4.78, 5) is 0. The molecule has 2 aromatic rings. The van der Waals surface area contributed by atoms with Gasteiger partial charge in [0.05, 0.1) is 0 Å². The maximum absolute atomic E-state index is 9.30. The van der Waals surface area contributed by atoms with Crippen LogP contribution in [0.25, 0.3) is 0 Å². The molecule has 122 valence electrons. The van der Waals surface area contributed by atoms with Crippen LogP contribution in [-0.4, -0.2) is 9.78 Å². The van der Waals surface area contributed by atoms with Crippen molar-refractivity contribution in [3.05, 3.63) is 40.5 Å². The number of aryl methyl sites for hydroxylation is 1. The molecule has 1 aromatic heterocycles. The van der Waals surface area contributed by atoms with E-state index in [4.69, 9.17) is 10.5 Å². The summed E-state index contributed by atoms with van der Waals surface area (Å²) in [7, 11) is 0. The summed E-state index contributed by atoms with van der Waals surface area (Å²) >= 11 is 0. The summed E-state index contributed by atoms with van der Waals surface area (Å²) in [6, 6.07) is 8.54. The Labute approximate surface area is 137 Å². The lowest BCUT2D eigenvalue weighted by molar-refractivity contribution is 0.286. The minimum atomic E-state index is 0.0745. The van der Waals surface area contributed by atoms with Crippen molar-refractivity contribution in [3.8, 4) is 11.9 Å². The summed E-state index contributed by atoms with van der Waals surface area (Å²) < 4.78 is 7.42. The summed E-state index contributed by atoms with van der Waals surface area (Å²) in [5.41, 5.74) is 9.80. The summed E-state index contributed by atoms with van der Waals surface area (Å²) in [5.74, 6) is 1.11. The largest absolute Gasteiger partial charge is 0.471 e. The van der Waals surface area contributed by atoms with E-state index in [1.54, 1.807) is 4.68 Å². The molecule has 0 saturated carbocycles. The van der Waals surface area contributed by atoms with Gasteiger partial charge in [-0.3, -0.25) is 0 Å². The van der Waals surface area contributed by atoms with Crippen LogP contribution in [0.5, 0.6) is 5.88 Å². The molecular weight excluding hydrogens is 288 g/mol. The first-order chi connectivity index (χ1) is 10.8. The number of aromatic nitrogens is 2. The number of rotatable bonds is 5. The SMILES string of the molecule is Cc1ccc(C(C)C)cc1COc1nn(C(C)C)c(N)c1C#N. The quantitative estimate of drug-likeness (QED) is 0.907. The Morgan fingerprint density at radius 2 is 2.00 bits per heavy atom. The lowest BCUT2D eigenvalue weighted by Crippen LogP contribution is -2.07. The van der Waals surface area contributed by atoms with Gasteiger partial charge >= 0.3 is 0 Å². The number of anilines is 1. The molecule has 1 heterocycles. The van der Waals surface area contributed by atoms with Gasteiger partial charge in [-0.15, -0.1) is 5.10 Å². The zero-order valence-electron chi connectivity index (χ0n) is 14.4. The normalized spacial score (nSPS) is 11.0. The van der Waals surface area contributed by atoms with E-state index >= 15 is 0 Å². The monoisotopic (exact) mass is 312 g/mol. The van der Waals surface area contributed by atoms with Crippen LogP contribution in [0.1, 0.15) is 61.9 Å². The Bertz CT molecular complexity index is 738. The average Bonchev–Trinajstić information content (AvgIpc) is 2.82. The van der Waals surface area contributed by atoms with E-state index in [0.717, 1.165) is 11.1 Å². The number of benzene rings is 1. The second-order valence-electron chi connectivity index (χ2n) is 6.34. The molecule has 2 N–H and O–H groups in total. The van der Waals surface area contributed by atoms with Gasteiger partial charge in [0.1, 0.15) is 18.5 Å². The van der Waals surface area contributed by atoms with Crippen LogP contribution < -0.4 is 10.5 Å². The van der Waals surface area contributed by atoms with Crippen molar-refractivity contribution in [2.45, 2.75) is 53.2 Å². The average molecular weight is 312 g/mol. The van der Waals surface area contributed by atoms with Crippen LogP contribution >= 0.6 is 0 Å². The fourth-order valence-electron chi connectivity index (χ4n) is 2.38. The van der Waals surface area contributed by atoms with E-state index in [9.17, 15) is 5.26 Å². The number of hydrogen-bond acceptors (Lipinski definition) is 4. The second kappa shape index (κ2) is 6.74. The number of hydrogen-bond donors (Lipinski definition) is 1. The van der Waals surface area contributed by atoms with Gasteiger partial charge in [-0.2, -0.15) is 5.26 Å². The predicted octanol–water partition coefficient (Wildman–Crippen LogP) is 3.93. The zero-order valence-corrected chi connectivity index (χ0v) is 14.4. The number of nitrogens with zero attached hydrogens (tertiary/aromatic N) is 3. The molecule has 23 heavy (non-hydrogen) atoms. The molecule has 0 bridgehead atoms. The summed E-state index contributed by atoms with van der Waals surface area (Å²) in [6.45, 7) is 10.7. The summed E-state index contributed by atoms with van der Waals surface area (Å²) in [5, 5.41) is 13.6. The van der Waals surface area contributed by atoms with Crippen LogP contribution in [0.15, 0.2) is 18.2 Å². The van der Waals surface area contributed by atoms with E-state index < -0.39 is 0 Å². The van der Waals surface area contributed by atoms with Crippen molar-refractivity contribution in [2.75, 3.05) is 5.73 Å². The Morgan fingerprint density at radius 1 is 1.30 bits per heavy atom. The summed E-state index contributed by atoms with van der Waals surface area (Å²) in [6.07, 6.45) is 0. The highest BCUT2D eigenvalue weighted by Crippen LogP contribution is 2.27. The molecule has 0 saturated heterocycles. The smallest absolute Gasteiger partial charge is 0.253 e. The van der Waals surface area contributed by atoms with Crippen molar-refractivity contribution in [3.63, 3.8) is 0 Å². The lowest BCUT2D eigenvalue weighted by Gasteiger charge is -2.11. The first kappa shape index (κ1) is 16.9. The molecule has 2 rings (SSSR count). The number of ether oxygens (including phenoxy) is 1. The van der Waals surface area contributed by atoms with E-state index in [0.29, 0.717) is 29.8 Å². The molecule has 0 fully saturated rings. The molecule has 0 atom stereocenters. The fraction of sp³-hybridized carbons (Fsp3) is 0.444. The van der Waals surface area contributed by atoms with Crippen molar-refractivity contribution in [2.24, 2.45) is 0 Å². The van der Waals surface area contributed by atoms with Crippen molar-refractivity contribution < 1.29 is 4.74 Å². The molecule has 0 amide bonds. The molecule has 5 heteroatoms. The molecule has 0 aliphatic rings. The molecule has 0 aliphatic carbocycles. The molecule has 0 spiro atoms. The van der Waals surface area contributed by atoms with Crippen molar-refractivity contribution in [1.29, 1.82) is 5.26 Å². The van der Waals surface area contributed by atoms with Gasteiger partial charge in [0, 0.05) is 6.04 Å². The second-order valence-corrected chi connectivity index (χ2v) is 6.34. The van der Waals surface area contributed by atoms with Crippen molar-refractivity contribution in [1.82, 2.24) is 9.78 Å². The third kappa shape index (κ3) is 3.48. The predicted molar refractivity (Wildman–Crippen MR) is 91.3 cm³/mol. The van der Waals surface area contributed by atoms with E-state index in [1.165, 1.54) is 5.56 Å².